The molecule has 0 atom stereocenters. The molecule has 0 aliphatic carbocycles. The lowest BCUT2D eigenvalue weighted by Gasteiger charge is -2.38. The summed E-state index contributed by atoms with van der Waals surface area (Å²) in [5.74, 6) is 2.04. The molecule has 18 heavy (non-hydrogen) atoms. The number of nitrogens with zero attached hydrogens (tertiary/aromatic N) is 3. The van der Waals surface area contributed by atoms with Crippen LogP contribution in [0.25, 0.3) is 0 Å². The van der Waals surface area contributed by atoms with Crippen LogP contribution in [0.4, 0.5) is 0 Å². The number of ether oxygens (including phenoxy) is 1. The van der Waals surface area contributed by atoms with Crippen molar-refractivity contribution in [3.8, 4) is 0 Å². The van der Waals surface area contributed by atoms with Crippen LogP contribution in [0.3, 0.4) is 0 Å². The predicted molar refractivity (Wildman–Crippen MR) is 75.9 cm³/mol. The van der Waals surface area contributed by atoms with Crippen LogP contribution >= 0.6 is 12.6 Å². The highest BCUT2D eigenvalue weighted by Gasteiger charge is 2.32. The molecule has 0 amide bonds. The fraction of sp³-hybridized carbons (Fsp3) is 0.769. The third-order valence-corrected chi connectivity index (χ3v) is 4.50. The van der Waals surface area contributed by atoms with Gasteiger partial charge in [-0.25, -0.2) is 4.98 Å². The molecular weight excluding hydrogens is 246 g/mol. The first-order valence-corrected chi connectivity index (χ1v) is 7.12. The van der Waals surface area contributed by atoms with E-state index in [9.17, 15) is 0 Å². The molecule has 5 heteroatoms. The summed E-state index contributed by atoms with van der Waals surface area (Å²) in [5, 5.41) is 0. The van der Waals surface area contributed by atoms with Crippen molar-refractivity contribution < 1.29 is 4.74 Å². The van der Waals surface area contributed by atoms with Crippen molar-refractivity contribution in [1.29, 1.82) is 0 Å². The van der Waals surface area contributed by atoms with Crippen LogP contribution in [-0.2, 0) is 18.3 Å². The van der Waals surface area contributed by atoms with Gasteiger partial charge < -0.3 is 9.30 Å². The zero-order chi connectivity index (χ0) is 13.0. The lowest BCUT2D eigenvalue weighted by atomic mass is 9.81. The number of rotatable bonds is 5. The number of hydrogen-bond acceptors (Lipinski definition) is 4. The molecule has 0 aromatic carbocycles. The van der Waals surface area contributed by atoms with Gasteiger partial charge in [0.15, 0.2) is 0 Å². The topological polar surface area (TPSA) is 30.3 Å². The molecule has 1 aliphatic rings. The van der Waals surface area contributed by atoms with Gasteiger partial charge in [-0.3, -0.25) is 4.90 Å². The molecule has 0 unspecified atom stereocenters. The van der Waals surface area contributed by atoms with Gasteiger partial charge in [-0.1, -0.05) is 0 Å². The lowest BCUT2D eigenvalue weighted by molar-refractivity contribution is 0.0102. The Balaban J connectivity index is 1.93. The Hall–Kier alpha value is -0.520. The van der Waals surface area contributed by atoms with Gasteiger partial charge in [0.05, 0.1) is 6.54 Å². The van der Waals surface area contributed by atoms with Gasteiger partial charge >= 0.3 is 0 Å². The smallest absolute Gasteiger partial charge is 0.122 e. The third kappa shape index (κ3) is 3.28. The zero-order valence-electron chi connectivity index (χ0n) is 11.3. The summed E-state index contributed by atoms with van der Waals surface area (Å²) in [6, 6.07) is 0. The zero-order valence-corrected chi connectivity index (χ0v) is 12.2. The van der Waals surface area contributed by atoms with Crippen LogP contribution in [0.1, 0.15) is 18.7 Å². The molecule has 1 aromatic rings. The van der Waals surface area contributed by atoms with Gasteiger partial charge in [-0.15, -0.1) is 0 Å². The Morgan fingerprint density at radius 1 is 1.50 bits per heavy atom. The molecule has 1 fully saturated rings. The number of aryl methyl sites for hydroxylation is 1. The molecular formula is C13H23N3OS. The van der Waals surface area contributed by atoms with E-state index in [1.807, 2.05) is 19.4 Å². The second-order valence-corrected chi connectivity index (χ2v) is 5.71. The maximum atomic E-state index is 5.46. The molecule has 0 spiro atoms. The highest BCUT2D eigenvalue weighted by molar-refractivity contribution is 7.80. The summed E-state index contributed by atoms with van der Waals surface area (Å²) in [6.45, 7) is 3.69. The van der Waals surface area contributed by atoms with E-state index < -0.39 is 0 Å². The Labute approximate surface area is 115 Å². The Morgan fingerprint density at radius 3 is 2.78 bits per heavy atom. The third-order valence-electron chi connectivity index (χ3n) is 3.83. The lowest BCUT2D eigenvalue weighted by Crippen LogP contribution is -2.41. The number of thiol groups is 1. The number of aromatic nitrogens is 2. The molecule has 4 nitrogen and oxygen atoms in total. The van der Waals surface area contributed by atoms with Crippen molar-refractivity contribution in [2.24, 2.45) is 12.5 Å². The number of hydrogen-bond donors (Lipinski definition) is 1. The van der Waals surface area contributed by atoms with E-state index in [1.54, 1.807) is 0 Å². The van der Waals surface area contributed by atoms with E-state index in [-0.39, 0.29) is 0 Å². The van der Waals surface area contributed by atoms with Crippen molar-refractivity contribution in [3.05, 3.63) is 18.2 Å². The van der Waals surface area contributed by atoms with Crippen LogP contribution in [0.2, 0.25) is 0 Å². The van der Waals surface area contributed by atoms with Gasteiger partial charge in [-0.2, -0.15) is 12.6 Å². The van der Waals surface area contributed by atoms with Gasteiger partial charge in [0.1, 0.15) is 5.82 Å². The second-order valence-electron chi connectivity index (χ2n) is 5.40. The van der Waals surface area contributed by atoms with Gasteiger partial charge in [-0.05, 0) is 31.1 Å². The van der Waals surface area contributed by atoms with Gasteiger partial charge in [0.2, 0.25) is 0 Å². The molecule has 102 valence electrons. The fourth-order valence-electron chi connectivity index (χ4n) is 2.59. The highest BCUT2D eigenvalue weighted by Crippen LogP contribution is 2.32. The van der Waals surface area contributed by atoms with Crippen LogP contribution in [0.15, 0.2) is 12.4 Å². The molecule has 0 N–H and O–H groups in total. The Kier molecular flexibility index (Phi) is 4.70. The van der Waals surface area contributed by atoms with E-state index in [4.69, 9.17) is 4.74 Å². The van der Waals surface area contributed by atoms with E-state index in [1.165, 1.54) is 0 Å². The largest absolute Gasteiger partial charge is 0.381 e. The summed E-state index contributed by atoms with van der Waals surface area (Å²) in [6.07, 6.45) is 6.07. The molecule has 1 aliphatic heterocycles. The Morgan fingerprint density at radius 2 is 2.22 bits per heavy atom. The second kappa shape index (κ2) is 6.08. The first-order valence-electron chi connectivity index (χ1n) is 6.49. The molecule has 0 saturated carbocycles. The van der Waals surface area contributed by atoms with Crippen molar-refractivity contribution in [2.75, 3.05) is 32.6 Å². The predicted octanol–water partition coefficient (Wildman–Crippen LogP) is 1.58. The van der Waals surface area contributed by atoms with Crippen LogP contribution in [0, 0.1) is 5.41 Å². The van der Waals surface area contributed by atoms with Gasteiger partial charge in [0, 0.05) is 39.2 Å². The highest BCUT2D eigenvalue weighted by atomic mass is 32.1. The monoisotopic (exact) mass is 269 g/mol. The van der Waals surface area contributed by atoms with E-state index in [0.29, 0.717) is 5.41 Å². The maximum Gasteiger partial charge on any atom is 0.122 e. The minimum absolute atomic E-state index is 0.307. The first-order chi connectivity index (χ1) is 8.65. The summed E-state index contributed by atoms with van der Waals surface area (Å²) < 4.78 is 7.54. The van der Waals surface area contributed by atoms with Crippen LogP contribution in [-0.4, -0.2) is 47.0 Å². The minimum atomic E-state index is 0.307. The first kappa shape index (κ1) is 13.9. The van der Waals surface area contributed by atoms with Crippen molar-refractivity contribution in [3.63, 3.8) is 0 Å². The fourth-order valence-corrected chi connectivity index (χ4v) is 3.01. The summed E-state index contributed by atoms with van der Waals surface area (Å²) in [5.41, 5.74) is 0.307. The average Bonchev–Trinajstić information content (AvgIpc) is 2.76. The maximum absolute atomic E-state index is 5.46. The summed E-state index contributed by atoms with van der Waals surface area (Å²) in [4.78, 5) is 6.73. The van der Waals surface area contributed by atoms with Crippen LogP contribution in [0.5, 0.6) is 0 Å². The SMILES string of the molecule is CN(Cc1nccn1C)CC1(CS)CCOCC1. The standard InChI is InChI=1S/C13H23N3OS/c1-15(9-12-14-5-6-16(12)2)10-13(11-18)3-7-17-8-4-13/h5-6,18H,3-4,7-11H2,1-2H3. The van der Waals surface area contributed by atoms with E-state index in [0.717, 1.165) is 50.7 Å². The molecule has 1 saturated heterocycles. The Bertz CT molecular complexity index is 374. The quantitative estimate of drug-likeness (QED) is 0.823. The molecule has 0 radical (unpaired) electrons. The average molecular weight is 269 g/mol. The summed E-state index contributed by atoms with van der Waals surface area (Å²) in [7, 11) is 4.20. The van der Waals surface area contributed by atoms with E-state index >= 15 is 0 Å². The van der Waals surface area contributed by atoms with Crippen molar-refractivity contribution in [1.82, 2.24) is 14.5 Å². The van der Waals surface area contributed by atoms with Crippen molar-refractivity contribution in [2.45, 2.75) is 19.4 Å². The van der Waals surface area contributed by atoms with Gasteiger partial charge in [0.25, 0.3) is 0 Å². The number of imidazole rings is 1. The van der Waals surface area contributed by atoms with Crippen molar-refractivity contribution >= 4 is 12.6 Å². The van der Waals surface area contributed by atoms with Crippen LogP contribution < -0.4 is 0 Å². The molecule has 0 bridgehead atoms. The normalized spacial score (nSPS) is 19.3. The van der Waals surface area contributed by atoms with E-state index in [2.05, 4.69) is 34.1 Å². The minimum Gasteiger partial charge on any atom is -0.381 e. The summed E-state index contributed by atoms with van der Waals surface area (Å²) >= 11 is 4.56. The molecule has 2 heterocycles. The molecule has 1 aromatic heterocycles. The molecule has 2 rings (SSSR count).